The van der Waals surface area contributed by atoms with Crippen molar-refractivity contribution in [1.82, 2.24) is 0 Å². The van der Waals surface area contributed by atoms with Crippen molar-refractivity contribution in [3.63, 3.8) is 0 Å². The van der Waals surface area contributed by atoms with E-state index in [1.807, 2.05) is 0 Å². The maximum atomic E-state index is 10.6. The van der Waals surface area contributed by atoms with Crippen LogP contribution in [0.4, 0.5) is 17.1 Å². The predicted molar refractivity (Wildman–Crippen MR) is 75.3 cm³/mol. The van der Waals surface area contributed by atoms with Crippen LogP contribution in [0.5, 0.6) is 11.5 Å². The summed E-state index contributed by atoms with van der Waals surface area (Å²) < 4.78 is 34.1. The second kappa shape index (κ2) is 5.77. The quantitative estimate of drug-likeness (QED) is 0.344. The fraction of sp³-hybridized carbons (Fsp3) is 0. The predicted octanol–water partition coefficient (Wildman–Crippen LogP) is 2.57. The normalized spacial score (nSPS) is 11.7. The molecule has 0 aliphatic rings. The summed E-state index contributed by atoms with van der Waals surface area (Å²) in [6.45, 7) is 0. The summed E-state index contributed by atoms with van der Waals surface area (Å²) in [6, 6.07) is 9.98. The Morgan fingerprint density at radius 1 is 1.05 bits per heavy atom. The molecule has 21 heavy (non-hydrogen) atoms. The summed E-state index contributed by atoms with van der Waals surface area (Å²) in [6.07, 6.45) is 0. The van der Waals surface area contributed by atoms with Crippen LogP contribution in [0.3, 0.4) is 0 Å². The van der Waals surface area contributed by atoms with Gasteiger partial charge < -0.3 is 15.0 Å². The molecule has 9 heteroatoms. The second-order valence-corrected chi connectivity index (χ2v) is 4.97. The molecule has 2 rings (SSSR count). The topological polar surface area (TPSA) is 135 Å². The first-order valence-electron chi connectivity index (χ1n) is 5.61. The van der Waals surface area contributed by atoms with Crippen LogP contribution < -0.4 is 9.92 Å². The van der Waals surface area contributed by atoms with Crippen LogP contribution in [-0.4, -0.2) is 18.1 Å². The molecule has 2 aromatic rings. The largest absolute Gasteiger partial charge is 0.506 e. The first-order chi connectivity index (χ1) is 9.83. The van der Waals surface area contributed by atoms with Gasteiger partial charge in [-0.05, 0) is 30.3 Å². The van der Waals surface area contributed by atoms with E-state index in [0.717, 1.165) is 0 Å². The molecule has 0 spiro atoms. The van der Waals surface area contributed by atoms with Crippen LogP contribution in [0.25, 0.3) is 0 Å². The number of hydrogen-bond donors (Lipinski definition) is 3. The van der Waals surface area contributed by atoms with Crippen molar-refractivity contribution in [2.45, 2.75) is 0 Å². The van der Waals surface area contributed by atoms with Crippen LogP contribution in [0, 0.1) is 0 Å². The number of nitrogens with zero attached hydrogens (tertiary/aromatic N) is 2. The smallest absolute Gasteiger partial charge is 0.446 e. The Labute approximate surface area is 120 Å². The number of benzene rings is 2. The number of aromatic hydroxyl groups is 1. The summed E-state index contributed by atoms with van der Waals surface area (Å²) in [7, 11) is -4.59. The monoisotopic (exact) mass is 309 g/mol. The molecule has 0 bridgehead atoms. The minimum atomic E-state index is -4.59. The standard InChI is InChI=1S/C12H11N3O5S/c13-11-7-9(4-5-12(11)16)15-14-8-2-1-3-10(6-8)20-21(17,18)19/h1-7,16H,13H2,(H,17,18,19). The highest BCUT2D eigenvalue weighted by Gasteiger charge is 2.07. The zero-order chi connectivity index (χ0) is 15.5. The van der Waals surface area contributed by atoms with E-state index in [0.29, 0.717) is 11.4 Å². The molecule has 0 radical (unpaired) electrons. The van der Waals surface area contributed by atoms with Gasteiger partial charge in [-0.3, -0.25) is 4.55 Å². The fourth-order valence-corrected chi connectivity index (χ4v) is 1.79. The van der Waals surface area contributed by atoms with Gasteiger partial charge in [0.05, 0.1) is 17.1 Å². The third kappa shape index (κ3) is 4.44. The van der Waals surface area contributed by atoms with E-state index in [1.54, 1.807) is 6.07 Å². The van der Waals surface area contributed by atoms with Gasteiger partial charge in [-0.25, -0.2) is 0 Å². The molecule has 0 aromatic heterocycles. The minimum absolute atomic E-state index is 0.0579. The van der Waals surface area contributed by atoms with Crippen molar-refractivity contribution in [3.05, 3.63) is 42.5 Å². The van der Waals surface area contributed by atoms with E-state index in [1.165, 1.54) is 36.4 Å². The molecule has 2 aromatic carbocycles. The molecule has 0 fully saturated rings. The van der Waals surface area contributed by atoms with Gasteiger partial charge in [-0.1, -0.05) is 6.07 Å². The number of azo groups is 1. The molecule has 8 nitrogen and oxygen atoms in total. The van der Waals surface area contributed by atoms with Gasteiger partial charge in [0.1, 0.15) is 11.5 Å². The van der Waals surface area contributed by atoms with Gasteiger partial charge in [-0.15, -0.1) is 0 Å². The van der Waals surface area contributed by atoms with Crippen LogP contribution in [0.1, 0.15) is 0 Å². The molecule has 4 N–H and O–H groups in total. The molecule has 0 atom stereocenters. The van der Waals surface area contributed by atoms with Crippen molar-refractivity contribution < 1.29 is 22.3 Å². The van der Waals surface area contributed by atoms with Gasteiger partial charge in [0.15, 0.2) is 0 Å². The van der Waals surface area contributed by atoms with E-state index in [-0.39, 0.29) is 17.2 Å². The molecule has 0 saturated heterocycles. The molecule has 0 amide bonds. The number of phenolic OH excluding ortho intramolecular Hbond substituents is 1. The molecule has 0 unspecified atom stereocenters. The van der Waals surface area contributed by atoms with Gasteiger partial charge in [-0.2, -0.15) is 18.6 Å². The Morgan fingerprint density at radius 3 is 2.33 bits per heavy atom. The highest BCUT2D eigenvalue weighted by atomic mass is 32.3. The lowest BCUT2D eigenvalue weighted by Crippen LogP contribution is -2.06. The Hall–Kier alpha value is -2.65. The Morgan fingerprint density at radius 2 is 1.71 bits per heavy atom. The summed E-state index contributed by atoms with van der Waals surface area (Å²) in [5.74, 6) is -0.156. The molecular formula is C12H11N3O5S. The maximum absolute atomic E-state index is 10.6. The SMILES string of the molecule is Nc1cc(N=Nc2cccc(OS(=O)(=O)O)c2)ccc1O. The molecule has 110 valence electrons. The van der Waals surface area contributed by atoms with Crippen molar-refractivity contribution in [3.8, 4) is 11.5 Å². The number of rotatable bonds is 4. The average Bonchev–Trinajstić information content (AvgIpc) is 2.39. The highest BCUT2D eigenvalue weighted by Crippen LogP contribution is 2.27. The Kier molecular flexibility index (Phi) is 4.05. The number of hydrogen-bond acceptors (Lipinski definition) is 7. The van der Waals surface area contributed by atoms with Gasteiger partial charge in [0.25, 0.3) is 0 Å². The third-order valence-corrected chi connectivity index (χ3v) is 2.71. The van der Waals surface area contributed by atoms with E-state index in [2.05, 4.69) is 14.4 Å². The zero-order valence-electron chi connectivity index (χ0n) is 10.5. The fourth-order valence-electron chi connectivity index (χ4n) is 1.44. The van der Waals surface area contributed by atoms with Crippen molar-refractivity contribution in [1.29, 1.82) is 0 Å². The zero-order valence-corrected chi connectivity index (χ0v) is 11.4. The molecular weight excluding hydrogens is 298 g/mol. The minimum Gasteiger partial charge on any atom is -0.506 e. The first kappa shape index (κ1) is 14.8. The summed E-state index contributed by atoms with van der Waals surface area (Å²) in [4.78, 5) is 0. The van der Waals surface area contributed by atoms with E-state index >= 15 is 0 Å². The summed E-state index contributed by atoms with van der Waals surface area (Å²) >= 11 is 0. The summed E-state index contributed by atoms with van der Waals surface area (Å²) in [5.41, 5.74) is 6.40. The van der Waals surface area contributed by atoms with E-state index in [4.69, 9.17) is 10.3 Å². The lowest BCUT2D eigenvalue weighted by Gasteiger charge is -2.01. The maximum Gasteiger partial charge on any atom is 0.446 e. The van der Waals surface area contributed by atoms with Gasteiger partial charge in [0, 0.05) is 6.07 Å². The second-order valence-electron chi connectivity index (χ2n) is 3.95. The molecule has 0 saturated carbocycles. The molecule has 0 aliphatic carbocycles. The first-order valence-corrected chi connectivity index (χ1v) is 6.97. The summed E-state index contributed by atoms with van der Waals surface area (Å²) in [5, 5.41) is 17.0. The van der Waals surface area contributed by atoms with Crippen LogP contribution >= 0.6 is 0 Å². The lowest BCUT2D eigenvalue weighted by molar-refractivity contribution is 0.387. The average molecular weight is 309 g/mol. The number of nitrogen functional groups attached to an aromatic ring is 1. The van der Waals surface area contributed by atoms with Crippen LogP contribution in [0.2, 0.25) is 0 Å². The van der Waals surface area contributed by atoms with Gasteiger partial charge in [0.2, 0.25) is 0 Å². The molecule has 0 aliphatic heterocycles. The van der Waals surface area contributed by atoms with Crippen LogP contribution in [-0.2, 0) is 10.4 Å². The molecule has 0 heterocycles. The number of phenols is 1. The van der Waals surface area contributed by atoms with Crippen molar-refractivity contribution >= 4 is 27.5 Å². The third-order valence-electron chi connectivity index (χ3n) is 2.31. The van der Waals surface area contributed by atoms with Crippen LogP contribution in [0.15, 0.2) is 52.7 Å². The van der Waals surface area contributed by atoms with Crippen molar-refractivity contribution in [2.75, 3.05) is 5.73 Å². The Bertz CT molecular complexity index is 789. The van der Waals surface area contributed by atoms with E-state index in [9.17, 15) is 13.5 Å². The number of nitrogens with two attached hydrogens (primary N) is 1. The van der Waals surface area contributed by atoms with Crippen molar-refractivity contribution in [2.24, 2.45) is 10.2 Å². The highest BCUT2D eigenvalue weighted by molar-refractivity contribution is 7.81. The van der Waals surface area contributed by atoms with Gasteiger partial charge >= 0.3 is 10.4 Å². The van der Waals surface area contributed by atoms with E-state index < -0.39 is 10.4 Å². The Balaban J connectivity index is 2.21. The lowest BCUT2D eigenvalue weighted by atomic mass is 10.2. The number of anilines is 1.